The molecule has 3 nitrogen and oxygen atoms in total. The van der Waals surface area contributed by atoms with E-state index in [2.05, 4.69) is 40.2 Å². The summed E-state index contributed by atoms with van der Waals surface area (Å²) >= 11 is 3.52. The quantitative estimate of drug-likeness (QED) is 0.611. The van der Waals surface area contributed by atoms with Gasteiger partial charge in [-0.1, -0.05) is 12.1 Å². The summed E-state index contributed by atoms with van der Waals surface area (Å²) in [5.41, 5.74) is 3.68. The van der Waals surface area contributed by atoms with Crippen LogP contribution in [-0.4, -0.2) is 9.38 Å². The van der Waals surface area contributed by atoms with Crippen molar-refractivity contribution in [1.29, 1.82) is 0 Å². The molecule has 0 saturated heterocycles. The van der Waals surface area contributed by atoms with Crippen LogP contribution in [0.1, 0.15) is 19.5 Å². The van der Waals surface area contributed by atoms with E-state index in [0.29, 0.717) is 0 Å². The maximum absolute atomic E-state index is 6.18. The van der Waals surface area contributed by atoms with Crippen molar-refractivity contribution >= 4 is 21.6 Å². The second-order valence-corrected chi connectivity index (χ2v) is 6.41. The zero-order valence-corrected chi connectivity index (χ0v) is 12.8. The minimum atomic E-state index is -0.413. The Hall–Kier alpha value is -1.81. The molecule has 20 heavy (non-hydrogen) atoms. The molecule has 0 spiro atoms. The van der Waals surface area contributed by atoms with Crippen molar-refractivity contribution in [3.8, 4) is 17.0 Å². The van der Waals surface area contributed by atoms with Crippen LogP contribution >= 0.6 is 15.9 Å². The van der Waals surface area contributed by atoms with E-state index in [1.807, 2.05) is 36.5 Å². The molecule has 100 valence electrons. The highest BCUT2D eigenvalue weighted by atomic mass is 79.9. The van der Waals surface area contributed by atoms with Crippen molar-refractivity contribution in [1.82, 2.24) is 9.38 Å². The first-order valence-electron chi connectivity index (χ1n) is 6.53. The Labute approximate surface area is 125 Å². The number of aromatic nitrogens is 2. The lowest BCUT2D eigenvalue weighted by molar-refractivity contribution is 0.0996. The number of halogens is 1. The lowest BCUT2D eigenvalue weighted by Crippen LogP contribution is -2.30. The number of ether oxygens (including phenoxy) is 1. The first kappa shape index (κ1) is 12.0. The minimum Gasteiger partial charge on any atom is -0.481 e. The van der Waals surface area contributed by atoms with Gasteiger partial charge < -0.3 is 4.74 Å². The fourth-order valence-corrected chi connectivity index (χ4v) is 3.19. The molecule has 4 rings (SSSR count). The molecule has 1 aliphatic rings. The first-order chi connectivity index (χ1) is 9.56. The van der Waals surface area contributed by atoms with Crippen molar-refractivity contribution in [3.05, 3.63) is 52.8 Å². The second-order valence-electron chi connectivity index (χ2n) is 5.49. The molecule has 0 bridgehead atoms. The van der Waals surface area contributed by atoms with E-state index >= 15 is 0 Å². The number of hydrogen-bond acceptors (Lipinski definition) is 2. The number of rotatable bonds is 0. The van der Waals surface area contributed by atoms with Crippen molar-refractivity contribution in [2.75, 3.05) is 0 Å². The standard InChI is InChI=1S/C16H13BrN2O/c1-16(2)15-14(11-5-3-4-6-12(11)20-16)18-13-8-7-10(17)9-19(13)15/h3-9H,1-2H3. The zero-order valence-electron chi connectivity index (χ0n) is 11.2. The summed E-state index contributed by atoms with van der Waals surface area (Å²) in [7, 11) is 0. The summed E-state index contributed by atoms with van der Waals surface area (Å²) in [5, 5.41) is 0. The number of hydrogen-bond donors (Lipinski definition) is 0. The smallest absolute Gasteiger partial charge is 0.146 e. The van der Waals surface area contributed by atoms with Crippen LogP contribution in [0.3, 0.4) is 0 Å². The number of benzene rings is 1. The third-order valence-electron chi connectivity index (χ3n) is 3.66. The van der Waals surface area contributed by atoms with Crippen LogP contribution < -0.4 is 4.74 Å². The molecular weight excluding hydrogens is 316 g/mol. The lowest BCUT2D eigenvalue weighted by Gasteiger charge is -2.32. The van der Waals surface area contributed by atoms with E-state index in [1.165, 1.54) is 0 Å². The largest absolute Gasteiger partial charge is 0.481 e. The van der Waals surface area contributed by atoms with Gasteiger partial charge in [0.2, 0.25) is 0 Å². The van der Waals surface area contributed by atoms with Gasteiger partial charge in [-0.2, -0.15) is 0 Å². The molecule has 3 heterocycles. The zero-order chi connectivity index (χ0) is 13.9. The fraction of sp³-hybridized carbons (Fsp3) is 0.188. The van der Waals surface area contributed by atoms with E-state index in [9.17, 15) is 0 Å². The van der Waals surface area contributed by atoms with Gasteiger partial charge in [-0.05, 0) is 54.0 Å². The van der Waals surface area contributed by atoms with Crippen molar-refractivity contribution < 1.29 is 4.74 Å². The Balaban J connectivity index is 2.15. The normalized spacial score (nSPS) is 15.6. The van der Waals surface area contributed by atoms with Crippen LogP contribution in [-0.2, 0) is 5.60 Å². The molecule has 0 radical (unpaired) electrons. The van der Waals surface area contributed by atoms with E-state index in [4.69, 9.17) is 9.72 Å². The molecule has 4 heteroatoms. The number of nitrogens with zero attached hydrogens (tertiary/aromatic N) is 2. The highest BCUT2D eigenvalue weighted by molar-refractivity contribution is 9.10. The number of imidazole rings is 1. The molecule has 0 atom stereocenters. The van der Waals surface area contributed by atoms with Crippen molar-refractivity contribution in [2.24, 2.45) is 0 Å². The summed E-state index contributed by atoms with van der Waals surface area (Å²) in [5.74, 6) is 0.896. The molecule has 0 unspecified atom stereocenters. The van der Waals surface area contributed by atoms with Gasteiger partial charge in [-0.15, -0.1) is 0 Å². The molecule has 0 amide bonds. The SMILES string of the molecule is CC1(C)Oc2ccccc2-c2nc3ccc(Br)cn3c21. The monoisotopic (exact) mass is 328 g/mol. The predicted molar refractivity (Wildman–Crippen MR) is 82.0 cm³/mol. The molecule has 3 aromatic rings. The van der Waals surface area contributed by atoms with Gasteiger partial charge in [0.15, 0.2) is 0 Å². The third kappa shape index (κ3) is 1.54. The van der Waals surface area contributed by atoms with E-state index in [-0.39, 0.29) is 0 Å². The number of fused-ring (bicyclic) bond motifs is 5. The van der Waals surface area contributed by atoms with Crippen LogP contribution in [0.25, 0.3) is 16.9 Å². The molecule has 0 N–H and O–H groups in total. The van der Waals surface area contributed by atoms with Crippen LogP contribution in [0.4, 0.5) is 0 Å². The number of para-hydroxylation sites is 1. The molecular formula is C16H13BrN2O. The molecule has 0 aliphatic carbocycles. The van der Waals surface area contributed by atoms with E-state index < -0.39 is 5.60 Å². The van der Waals surface area contributed by atoms with Gasteiger partial charge in [0.25, 0.3) is 0 Å². The van der Waals surface area contributed by atoms with Crippen molar-refractivity contribution in [2.45, 2.75) is 19.4 Å². The molecule has 2 aromatic heterocycles. The summed E-state index contributed by atoms with van der Waals surface area (Å²) < 4.78 is 9.31. The average molecular weight is 329 g/mol. The minimum absolute atomic E-state index is 0.413. The van der Waals surface area contributed by atoms with E-state index in [1.54, 1.807) is 0 Å². The first-order valence-corrected chi connectivity index (χ1v) is 7.32. The van der Waals surface area contributed by atoms with Gasteiger partial charge in [-0.25, -0.2) is 4.98 Å². The van der Waals surface area contributed by atoms with Gasteiger partial charge >= 0.3 is 0 Å². The van der Waals surface area contributed by atoms with Gasteiger partial charge in [-0.3, -0.25) is 4.40 Å². The third-order valence-corrected chi connectivity index (χ3v) is 4.13. The summed E-state index contributed by atoms with van der Waals surface area (Å²) in [6.45, 7) is 4.16. The van der Waals surface area contributed by atoms with Crippen LogP contribution in [0.2, 0.25) is 0 Å². The highest BCUT2D eigenvalue weighted by Gasteiger charge is 2.36. The maximum atomic E-state index is 6.18. The van der Waals surface area contributed by atoms with Crippen molar-refractivity contribution in [3.63, 3.8) is 0 Å². The van der Waals surface area contributed by atoms with E-state index in [0.717, 1.165) is 32.8 Å². The number of pyridine rings is 1. The highest BCUT2D eigenvalue weighted by Crippen LogP contribution is 2.44. The topological polar surface area (TPSA) is 26.5 Å². The fourth-order valence-electron chi connectivity index (χ4n) is 2.86. The van der Waals surface area contributed by atoms with Gasteiger partial charge in [0, 0.05) is 16.2 Å². The summed E-state index contributed by atoms with van der Waals surface area (Å²) in [6, 6.07) is 12.1. The Kier molecular flexibility index (Phi) is 2.31. The second kappa shape index (κ2) is 3.85. The van der Waals surface area contributed by atoms with Crippen LogP contribution in [0, 0.1) is 0 Å². The Morgan fingerprint density at radius 2 is 1.95 bits per heavy atom. The molecule has 1 aromatic carbocycles. The Morgan fingerprint density at radius 3 is 2.80 bits per heavy atom. The molecule has 0 saturated carbocycles. The van der Waals surface area contributed by atoms with Crippen LogP contribution in [0.15, 0.2) is 47.1 Å². The Morgan fingerprint density at radius 1 is 1.15 bits per heavy atom. The summed E-state index contributed by atoms with van der Waals surface area (Å²) in [6.07, 6.45) is 2.04. The molecule has 0 fully saturated rings. The predicted octanol–water partition coefficient (Wildman–Crippen LogP) is 4.39. The van der Waals surface area contributed by atoms with Gasteiger partial charge in [0.05, 0.1) is 5.69 Å². The molecule has 1 aliphatic heterocycles. The van der Waals surface area contributed by atoms with Crippen LogP contribution in [0.5, 0.6) is 5.75 Å². The average Bonchev–Trinajstić information content (AvgIpc) is 2.78. The van der Waals surface area contributed by atoms with Gasteiger partial charge in [0.1, 0.15) is 22.7 Å². The maximum Gasteiger partial charge on any atom is 0.146 e. The summed E-state index contributed by atoms with van der Waals surface area (Å²) in [4.78, 5) is 4.79. The lowest BCUT2D eigenvalue weighted by atomic mass is 9.95. The Bertz CT molecular complexity index is 836.